The van der Waals surface area contributed by atoms with Gasteiger partial charge >= 0.3 is 0 Å². The van der Waals surface area contributed by atoms with E-state index in [2.05, 4.69) is 5.92 Å². The van der Waals surface area contributed by atoms with Gasteiger partial charge in [-0.3, -0.25) is 0 Å². The van der Waals surface area contributed by atoms with Gasteiger partial charge in [-0.15, -0.1) is 6.42 Å². The van der Waals surface area contributed by atoms with Gasteiger partial charge in [-0.1, -0.05) is 5.92 Å². The van der Waals surface area contributed by atoms with Crippen LogP contribution in [-0.2, 0) is 9.47 Å². The van der Waals surface area contributed by atoms with E-state index in [1.54, 1.807) is 0 Å². The molecule has 0 radical (unpaired) electrons. The fourth-order valence-electron chi connectivity index (χ4n) is 0.707. The van der Waals surface area contributed by atoms with Gasteiger partial charge < -0.3 is 15.2 Å². The number of rotatable bonds is 6. The van der Waals surface area contributed by atoms with Crippen molar-refractivity contribution in [2.24, 2.45) is 5.73 Å². The molecule has 3 nitrogen and oxygen atoms in total. The van der Waals surface area contributed by atoms with Crippen molar-refractivity contribution in [1.29, 1.82) is 0 Å². The monoisotopic (exact) mass is 199 g/mol. The second-order valence-corrected chi connectivity index (χ2v) is 4.50. The predicted octanol–water partition coefficient (Wildman–Crippen LogP) is 1.17. The van der Waals surface area contributed by atoms with Gasteiger partial charge in [0.2, 0.25) is 0 Å². The van der Waals surface area contributed by atoms with Crippen molar-refractivity contribution in [1.82, 2.24) is 0 Å². The molecule has 0 aliphatic carbocycles. The van der Waals surface area contributed by atoms with E-state index >= 15 is 0 Å². The van der Waals surface area contributed by atoms with E-state index in [4.69, 9.17) is 21.6 Å². The van der Waals surface area contributed by atoms with Crippen LogP contribution in [0.3, 0.4) is 0 Å². The Morgan fingerprint density at radius 3 is 2.14 bits per heavy atom. The zero-order chi connectivity index (χ0) is 11.2. The van der Waals surface area contributed by atoms with Gasteiger partial charge in [0.05, 0.1) is 17.8 Å². The van der Waals surface area contributed by atoms with Crippen LogP contribution >= 0.6 is 0 Å². The molecule has 82 valence electrons. The molecule has 14 heavy (non-hydrogen) atoms. The highest BCUT2D eigenvalue weighted by Gasteiger charge is 2.24. The molecule has 0 heterocycles. The number of nitrogens with two attached hydrogens (primary N) is 1. The molecule has 0 amide bonds. The minimum Gasteiger partial charge on any atom is -0.371 e. The fourth-order valence-corrected chi connectivity index (χ4v) is 0.707. The first-order valence-corrected chi connectivity index (χ1v) is 4.74. The van der Waals surface area contributed by atoms with Crippen LogP contribution in [-0.4, -0.2) is 31.0 Å². The molecule has 0 saturated carbocycles. The quantitative estimate of drug-likeness (QED) is 0.653. The lowest BCUT2D eigenvalue weighted by Crippen LogP contribution is -2.40. The van der Waals surface area contributed by atoms with E-state index in [-0.39, 0.29) is 11.2 Å². The molecule has 2 N–H and O–H groups in total. The van der Waals surface area contributed by atoms with Gasteiger partial charge in [-0.2, -0.15) is 0 Å². The molecule has 0 fully saturated rings. The third-order valence-electron chi connectivity index (χ3n) is 1.85. The number of hydrogen-bond donors (Lipinski definition) is 1. The van der Waals surface area contributed by atoms with Gasteiger partial charge in [0, 0.05) is 6.54 Å². The Morgan fingerprint density at radius 2 is 1.71 bits per heavy atom. The molecule has 0 aromatic rings. The van der Waals surface area contributed by atoms with Crippen molar-refractivity contribution >= 4 is 0 Å². The van der Waals surface area contributed by atoms with Crippen LogP contribution in [0, 0.1) is 12.3 Å². The molecular weight excluding hydrogens is 178 g/mol. The van der Waals surface area contributed by atoms with Crippen molar-refractivity contribution in [3.8, 4) is 12.3 Å². The van der Waals surface area contributed by atoms with E-state index in [1.165, 1.54) is 0 Å². The maximum atomic E-state index is 5.62. The Labute approximate surface area is 87.0 Å². The van der Waals surface area contributed by atoms with E-state index < -0.39 is 0 Å². The summed E-state index contributed by atoms with van der Waals surface area (Å²) in [6.07, 6.45) is 5.11. The van der Waals surface area contributed by atoms with Crippen molar-refractivity contribution in [3.63, 3.8) is 0 Å². The summed E-state index contributed by atoms with van der Waals surface area (Å²) in [4.78, 5) is 0. The maximum Gasteiger partial charge on any atom is 0.108 e. The second-order valence-electron chi connectivity index (χ2n) is 4.50. The van der Waals surface area contributed by atoms with E-state index in [0.717, 1.165) is 0 Å². The predicted molar refractivity (Wildman–Crippen MR) is 57.9 cm³/mol. The Bertz CT molecular complexity index is 204. The van der Waals surface area contributed by atoms with E-state index in [9.17, 15) is 0 Å². The van der Waals surface area contributed by atoms with Crippen LogP contribution in [0.1, 0.15) is 27.7 Å². The molecular formula is C11H21NO2. The number of terminal acetylenes is 1. The molecule has 0 unspecified atom stereocenters. The van der Waals surface area contributed by atoms with Gasteiger partial charge in [0.25, 0.3) is 0 Å². The highest BCUT2D eigenvalue weighted by molar-refractivity contribution is 4.85. The van der Waals surface area contributed by atoms with Crippen LogP contribution in [0.2, 0.25) is 0 Å². The first-order chi connectivity index (χ1) is 6.33. The first kappa shape index (κ1) is 13.4. The topological polar surface area (TPSA) is 44.5 Å². The van der Waals surface area contributed by atoms with Gasteiger partial charge in [0.15, 0.2) is 0 Å². The summed E-state index contributed by atoms with van der Waals surface area (Å²) < 4.78 is 11.0. The van der Waals surface area contributed by atoms with Crippen molar-refractivity contribution in [2.75, 3.05) is 19.8 Å². The molecule has 3 heteroatoms. The molecule has 0 aromatic heterocycles. The molecule has 0 atom stereocenters. The van der Waals surface area contributed by atoms with E-state index in [1.807, 2.05) is 27.7 Å². The van der Waals surface area contributed by atoms with Crippen molar-refractivity contribution in [2.45, 2.75) is 38.9 Å². The van der Waals surface area contributed by atoms with Gasteiger partial charge in [-0.25, -0.2) is 0 Å². The normalized spacial score (nSPS) is 12.6. The summed E-state index contributed by atoms with van der Waals surface area (Å²) in [6, 6.07) is 0. The Balaban J connectivity index is 3.93. The lowest BCUT2D eigenvalue weighted by Gasteiger charge is -2.30. The average molecular weight is 199 g/mol. The third kappa shape index (κ3) is 5.98. The summed E-state index contributed by atoms with van der Waals surface area (Å²) in [5.41, 5.74) is 4.87. The summed E-state index contributed by atoms with van der Waals surface area (Å²) in [5.74, 6) is 2.43. The van der Waals surface area contributed by atoms with E-state index in [0.29, 0.717) is 19.8 Å². The Morgan fingerprint density at radius 1 is 1.14 bits per heavy atom. The molecule has 0 rings (SSSR count). The molecule has 0 aromatic carbocycles. The summed E-state index contributed by atoms with van der Waals surface area (Å²) in [6.45, 7) is 9.05. The van der Waals surface area contributed by atoms with Crippen molar-refractivity contribution in [3.05, 3.63) is 0 Å². The van der Waals surface area contributed by atoms with Crippen LogP contribution < -0.4 is 5.73 Å². The third-order valence-corrected chi connectivity index (χ3v) is 1.85. The largest absolute Gasteiger partial charge is 0.371 e. The molecule has 0 spiro atoms. The molecule has 0 aliphatic rings. The summed E-state index contributed by atoms with van der Waals surface area (Å²) in [5, 5.41) is 0. The zero-order valence-electron chi connectivity index (χ0n) is 9.59. The highest BCUT2D eigenvalue weighted by atomic mass is 16.6. The lowest BCUT2D eigenvalue weighted by atomic mass is 10.1. The standard InChI is InChI=1S/C11H21NO2/c1-6-7-13-11(4,5)9-14-10(2,3)8-12/h1H,7-9,12H2,2-5H3. The lowest BCUT2D eigenvalue weighted by molar-refractivity contribution is -0.109. The van der Waals surface area contributed by atoms with Crippen LogP contribution in [0.15, 0.2) is 0 Å². The highest BCUT2D eigenvalue weighted by Crippen LogP contribution is 2.14. The smallest absolute Gasteiger partial charge is 0.108 e. The maximum absolute atomic E-state index is 5.62. The molecule has 0 bridgehead atoms. The first-order valence-electron chi connectivity index (χ1n) is 4.74. The minimum atomic E-state index is -0.362. The summed E-state index contributed by atoms with van der Waals surface area (Å²) >= 11 is 0. The molecule has 0 aliphatic heterocycles. The Kier molecular flexibility index (Phi) is 5.14. The number of ether oxygens (including phenoxy) is 2. The Hall–Kier alpha value is -0.560. The SMILES string of the molecule is C#CCOC(C)(C)COC(C)(C)CN. The second kappa shape index (κ2) is 5.35. The van der Waals surface area contributed by atoms with Crippen LogP contribution in [0.4, 0.5) is 0 Å². The van der Waals surface area contributed by atoms with Crippen molar-refractivity contribution < 1.29 is 9.47 Å². The van der Waals surface area contributed by atoms with Gasteiger partial charge in [0.1, 0.15) is 6.61 Å². The van der Waals surface area contributed by atoms with Crippen LogP contribution in [0.25, 0.3) is 0 Å². The average Bonchev–Trinajstić information content (AvgIpc) is 2.12. The zero-order valence-corrected chi connectivity index (χ0v) is 9.59. The van der Waals surface area contributed by atoms with Crippen LogP contribution in [0.5, 0.6) is 0 Å². The minimum absolute atomic E-state index is 0.305. The summed E-state index contributed by atoms with van der Waals surface area (Å²) in [7, 11) is 0. The van der Waals surface area contributed by atoms with Gasteiger partial charge in [-0.05, 0) is 27.7 Å². The fraction of sp³-hybridized carbons (Fsp3) is 0.818. The molecule has 0 saturated heterocycles. The number of hydrogen-bond acceptors (Lipinski definition) is 3.